The van der Waals surface area contributed by atoms with E-state index < -0.39 is 36.5 Å². The quantitative estimate of drug-likeness (QED) is 0.289. The molecule has 4 atom stereocenters. The maximum Gasteiger partial charge on any atom is 0.303 e. The summed E-state index contributed by atoms with van der Waals surface area (Å²) in [5.41, 5.74) is 0.751. The normalized spacial score (nSPS) is 24.2. The number of esters is 2. The molecule has 11 heteroatoms. The second-order valence-corrected chi connectivity index (χ2v) is 6.39. The van der Waals surface area contributed by atoms with Crippen molar-refractivity contribution < 1.29 is 28.5 Å². The molecule has 2 aromatic heterocycles. The lowest BCUT2D eigenvalue weighted by Crippen LogP contribution is -2.40. The summed E-state index contributed by atoms with van der Waals surface area (Å²) in [6, 6.07) is 0. The van der Waals surface area contributed by atoms with E-state index in [2.05, 4.69) is 21.5 Å². The van der Waals surface area contributed by atoms with Gasteiger partial charge in [-0.1, -0.05) is 17.7 Å². The van der Waals surface area contributed by atoms with E-state index in [9.17, 15) is 9.59 Å². The smallest absolute Gasteiger partial charge is 0.303 e. The van der Waals surface area contributed by atoms with Crippen molar-refractivity contribution in [3.8, 4) is 0 Å². The first-order valence-corrected chi connectivity index (χ1v) is 8.81. The van der Waals surface area contributed by atoms with Crippen molar-refractivity contribution in [2.45, 2.75) is 38.4 Å². The Morgan fingerprint density at radius 1 is 1.25 bits per heavy atom. The van der Waals surface area contributed by atoms with Crippen LogP contribution in [0, 0.1) is 0 Å². The molecule has 1 saturated heterocycles. The first-order valence-electron chi connectivity index (χ1n) is 8.44. The van der Waals surface area contributed by atoms with Crippen LogP contribution in [0.4, 0.5) is 0 Å². The monoisotopic (exact) mass is 410 g/mol. The van der Waals surface area contributed by atoms with Crippen LogP contribution in [0.3, 0.4) is 0 Å². The standard InChI is InChI=1S/C17H19ClN4O6/c1-4-5-25-6-11-13(26-9(2)23)14(27-10(3)24)17(28-11)22-8-21-12-15(18)19-7-20-16(12)22/h4,7-8,11,13-14,17H,1,5-6H2,2-3H3/t11-,13-,14-,17-/m1/s1. The lowest BCUT2D eigenvalue weighted by atomic mass is 10.1. The molecule has 0 aliphatic carbocycles. The highest BCUT2D eigenvalue weighted by atomic mass is 35.5. The van der Waals surface area contributed by atoms with E-state index in [1.165, 1.54) is 26.5 Å². The summed E-state index contributed by atoms with van der Waals surface area (Å²) in [7, 11) is 0. The average Bonchev–Trinajstić information content (AvgIpc) is 3.18. The van der Waals surface area contributed by atoms with Gasteiger partial charge in [0.1, 0.15) is 17.9 Å². The fourth-order valence-electron chi connectivity index (χ4n) is 2.99. The number of imidazole rings is 1. The summed E-state index contributed by atoms with van der Waals surface area (Å²) in [5.74, 6) is -1.10. The van der Waals surface area contributed by atoms with E-state index in [4.69, 9.17) is 30.5 Å². The van der Waals surface area contributed by atoms with Crippen LogP contribution in [0.1, 0.15) is 20.1 Å². The van der Waals surface area contributed by atoms with Crippen molar-refractivity contribution in [3.05, 3.63) is 30.5 Å². The first kappa shape index (κ1) is 20.2. The zero-order valence-electron chi connectivity index (χ0n) is 15.3. The highest BCUT2D eigenvalue weighted by Gasteiger charge is 2.50. The molecule has 0 aromatic carbocycles. The first-order chi connectivity index (χ1) is 13.4. The Morgan fingerprint density at radius 3 is 2.64 bits per heavy atom. The second-order valence-electron chi connectivity index (χ2n) is 6.03. The van der Waals surface area contributed by atoms with Crippen LogP contribution >= 0.6 is 11.6 Å². The number of halogens is 1. The number of ether oxygens (including phenoxy) is 4. The molecule has 0 amide bonds. The number of hydrogen-bond donors (Lipinski definition) is 0. The summed E-state index contributed by atoms with van der Waals surface area (Å²) < 4.78 is 23.9. The Labute approximate surface area is 165 Å². The zero-order chi connectivity index (χ0) is 20.3. The molecule has 0 bridgehead atoms. The summed E-state index contributed by atoms with van der Waals surface area (Å²) in [4.78, 5) is 35.6. The fourth-order valence-corrected chi connectivity index (χ4v) is 3.17. The van der Waals surface area contributed by atoms with Crippen molar-refractivity contribution in [2.24, 2.45) is 0 Å². The summed E-state index contributed by atoms with van der Waals surface area (Å²) in [6.07, 6.45) is 0.946. The molecular formula is C17H19ClN4O6. The van der Waals surface area contributed by atoms with Gasteiger partial charge < -0.3 is 18.9 Å². The Morgan fingerprint density at radius 2 is 1.96 bits per heavy atom. The van der Waals surface area contributed by atoms with Gasteiger partial charge in [-0.05, 0) is 0 Å². The van der Waals surface area contributed by atoms with Crippen molar-refractivity contribution >= 4 is 34.7 Å². The number of carbonyl (C=O) groups excluding carboxylic acids is 2. The van der Waals surface area contributed by atoms with Crippen LogP contribution in [-0.4, -0.2) is 63.0 Å². The number of aromatic nitrogens is 4. The van der Waals surface area contributed by atoms with Crippen molar-refractivity contribution in [1.82, 2.24) is 19.5 Å². The third-order valence-electron chi connectivity index (χ3n) is 4.00. The van der Waals surface area contributed by atoms with Gasteiger partial charge in [-0.25, -0.2) is 15.0 Å². The Kier molecular flexibility index (Phi) is 6.22. The van der Waals surface area contributed by atoms with Crippen LogP contribution in [0.25, 0.3) is 11.2 Å². The van der Waals surface area contributed by atoms with Crippen LogP contribution in [-0.2, 0) is 28.5 Å². The predicted octanol–water partition coefficient (Wildman–Crippen LogP) is 1.44. The van der Waals surface area contributed by atoms with Gasteiger partial charge in [0.05, 0.1) is 19.5 Å². The minimum Gasteiger partial charge on any atom is -0.456 e. The van der Waals surface area contributed by atoms with Crippen molar-refractivity contribution in [3.63, 3.8) is 0 Å². The minimum absolute atomic E-state index is 0.0978. The second kappa shape index (κ2) is 8.63. The third kappa shape index (κ3) is 4.13. The molecule has 0 N–H and O–H groups in total. The topological polar surface area (TPSA) is 115 Å². The molecule has 1 fully saturated rings. The van der Waals surface area contributed by atoms with Crippen molar-refractivity contribution in [2.75, 3.05) is 13.2 Å². The molecular weight excluding hydrogens is 392 g/mol. The third-order valence-corrected chi connectivity index (χ3v) is 4.27. The van der Waals surface area contributed by atoms with E-state index in [1.807, 2.05) is 0 Å². The van der Waals surface area contributed by atoms with Crippen LogP contribution in [0.15, 0.2) is 25.3 Å². The molecule has 10 nitrogen and oxygen atoms in total. The number of nitrogens with zero attached hydrogens (tertiary/aromatic N) is 4. The Hall–Kier alpha value is -2.56. The molecule has 1 aliphatic rings. The number of carbonyl (C=O) groups is 2. The highest BCUT2D eigenvalue weighted by molar-refractivity contribution is 6.33. The van der Waals surface area contributed by atoms with E-state index in [1.54, 1.807) is 10.6 Å². The van der Waals surface area contributed by atoms with Gasteiger partial charge in [0.15, 0.2) is 29.2 Å². The largest absolute Gasteiger partial charge is 0.456 e. The molecule has 28 heavy (non-hydrogen) atoms. The van der Waals surface area contributed by atoms with Crippen LogP contribution in [0.5, 0.6) is 0 Å². The van der Waals surface area contributed by atoms with Gasteiger partial charge in [-0.2, -0.15) is 0 Å². The molecule has 0 radical (unpaired) electrons. The van der Waals surface area contributed by atoms with Gasteiger partial charge in [0, 0.05) is 13.8 Å². The predicted molar refractivity (Wildman–Crippen MR) is 96.4 cm³/mol. The van der Waals surface area contributed by atoms with E-state index in [0.29, 0.717) is 11.2 Å². The molecule has 0 unspecified atom stereocenters. The zero-order valence-corrected chi connectivity index (χ0v) is 16.0. The Balaban J connectivity index is 1.98. The van der Waals surface area contributed by atoms with Crippen LogP contribution in [0.2, 0.25) is 5.15 Å². The lowest BCUT2D eigenvalue weighted by molar-refractivity contribution is -0.165. The van der Waals surface area contributed by atoms with E-state index in [-0.39, 0.29) is 18.4 Å². The SMILES string of the molecule is C=CCOC[C@H]1O[C@@H](n2cnc3c(Cl)ncnc32)[C@H](OC(C)=O)[C@@H]1OC(C)=O. The fraction of sp³-hybridized carbons (Fsp3) is 0.471. The maximum atomic E-state index is 11.7. The van der Waals surface area contributed by atoms with Gasteiger partial charge in [0.25, 0.3) is 0 Å². The minimum atomic E-state index is -0.940. The Bertz CT molecular complexity index is 888. The molecule has 3 heterocycles. The number of fused-ring (bicyclic) bond motifs is 1. The van der Waals surface area contributed by atoms with Crippen LogP contribution < -0.4 is 0 Å². The van der Waals surface area contributed by atoms with E-state index in [0.717, 1.165) is 0 Å². The van der Waals surface area contributed by atoms with E-state index >= 15 is 0 Å². The van der Waals surface area contributed by atoms with Gasteiger partial charge in [0.2, 0.25) is 0 Å². The molecule has 2 aromatic rings. The maximum absolute atomic E-state index is 11.7. The molecule has 0 saturated carbocycles. The summed E-state index contributed by atoms with van der Waals surface area (Å²) >= 11 is 6.06. The molecule has 150 valence electrons. The number of hydrogen-bond acceptors (Lipinski definition) is 9. The molecule has 3 rings (SSSR count). The summed E-state index contributed by atoms with van der Waals surface area (Å²) in [6.45, 7) is 6.49. The van der Waals surface area contributed by atoms with Gasteiger partial charge in [-0.15, -0.1) is 6.58 Å². The molecule has 1 aliphatic heterocycles. The van der Waals surface area contributed by atoms with Gasteiger partial charge >= 0.3 is 11.9 Å². The average molecular weight is 411 g/mol. The van der Waals surface area contributed by atoms with Gasteiger partial charge in [-0.3, -0.25) is 14.2 Å². The lowest BCUT2D eigenvalue weighted by Gasteiger charge is -2.23. The molecule has 0 spiro atoms. The summed E-state index contributed by atoms with van der Waals surface area (Å²) in [5, 5.41) is 0.174. The highest BCUT2D eigenvalue weighted by Crippen LogP contribution is 2.36. The number of rotatable bonds is 7. The van der Waals surface area contributed by atoms with Crippen molar-refractivity contribution in [1.29, 1.82) is 0 Å².